The van der Waals surface area contributed by atoms with Crippen molar-refractivity contribution in [2.75, 3.05) is 25.0 Å². The number of rotatable bonds is 3. The monoisotopic (exact) mass is 192 g/mol. The zero-order valence-electron chi connectivity index (χ0n) is 8.25. The Morgan fingerprint density at radius 1 is 1.43 bits per heavy atom. The highest BCUT2D eigenvalue weighted by molar-refractivity contribution is 5.58. The lowest BCUT2D eigenvalue weighted by molar-refractivity contribution is 0.324. The first-order chi connectivity index (χ1) is 6.92. The average Bonchev–Trinajstić information content (AvgIpc) is 2.26. The molecular weight excluding hydrogens is 176 g/mol. The maximum absolute atomic E-state index is 5.59. The lowest BCUT2D eigenvalue weighted by atomic mass is 10.0. The molecule has 2 rings (SSSR count). The van der Waals surface area contributed by atoms with Crippen molar-refractivity contribution in [3.05, 3.63) is 23.8 Å². The van der Waals surface area contributed by atoms with E-state index in [1.165, 1.54) is 17.7 Å². The molecule has 3 nitrogen and oxygen atoms in total. The molecule has 1 heterocycles. The number of ether oxygens (including phenoxy) is 1. The number of anilines is 1. The Morgan fingerprint density at radius 3 is 3.21 bits per heavy atom. The van der Waals surface area contributed by atoms with Crippen LogP contribution in [0, 0.1) is 0 Å². The van der Waals surface area contributed by atoms with Gasteiger partial charge in [-0.3, -0.25) is 0 Å². The van der Waals surface area contributed by atoms with Gasteiger partial charge in [0.15, 0.2) is 0 Å². The molecule has 0 saturated carbocycles. The Bertz CT molecular complexity index is 312. The molecule has 0 atom stereocenters. The third-order valence-electron chi connectivity index (χ3n) is 2.43. The number of benzene rings is 1. The fourth-order valence-electron chi connectivity index (χ4n) is 1.78. The highest BCUT2D eigenvalue weighted by Gasteiger charge is 2.12. The largest absolute Gasteiger partial charge is 0.492 e. The minimum absolute atomic E-state index is 0.567. The molecule has 1 aliphatic rings. The minimum atomic E-state index is 0.567. The Morgan fingerprint density at radius 2 is 2.36 bits per heavy atom. The molecule has 1 aliphatic heterocycles. The standard InChI is InChI=1S/C11H16N2O/c12-6-8-14-11-5-1-4-10-9(11)3-2-7-13-10/h1,4-5,13H,2-3,6-8,12H2. The average molecular weight is 192 g/mol. The molecule has 0 saturated heterocycles. The predicted octanol–water partition coefficient (Wildman–Crippen LogP) is 1.38. The molecule has 0 unspecified atom stereocenters. The summed E-state index contributed by atoms with van der Waals surface area (Å²) in [6.45, 7) is 2.22. The molecule has 0 spiro atoms. The Balaban J connectivity index is 2.21. The third-order valence-corrected chi connectivity index (χ3v) is 2.43. The zero-order valence-corrected chi connectivity index (χ0v) is 8.25. The summed E-state index contributed by atoms with van der Waals surface area (Å²) < 4.78 is 5.59. The number of hydrogen-bond donors (Lipinski definition) is 2. The van der Waals surface area contributed by atoms with Gasteiger partial charge in [-0.2, -0.15) is 0 Å². The Kier molecular flexibility index (Phi) is 2.89. The number of nitrogens with two attached hydrogens (primary N) is 1. The summed E-state index contributed by atoms with van der Waals surface area (Å²) in [5.41, 5.74) is 7.92. The van der Waals surface area contributed by atoms with E-state index in [0.717, 1.165) is 18.7 Å². The van der Waals surface area contributed by atoms with Crippen molar-refractivity contribution in [1.82, 2.24) is 0 Å². The van der Waals surface area contributed by atoms with Gasteiger partial charge in [0.05, 0.1) is 0 Å². The normalized spacial score (nSPS) is 14.4. The Hall–Kier alpha value is -1.22. The summed E-state index contributed by atoms with van der Waals surface area (Å²) in [6, 6.07) is 6.13. The first kappa shape index (κ1) is 9.34. The van der Waals surface area contributed by atoms with E-state index in [4.69, 9.17) is 10.5 Å². The van der Waals surface area contributed by atoms with Crippen LogP contribution in [0.15, 0.2) is 18.2 Å². The van der Waals surface area contributed by atoms with Crippen LogP contribution in [0.3, 0.4) is 0 Å². The molecule has 0 aliphatic carbocycles. The van der Waals surface area contributed by atoms with Gasteiger partial charge >= 0.3 is 0 Å². The summed E-state index contributed by atoms with van der Waals surface area (Å²) in [4.78, 5) is 0. The predicted molar refractivity (Wildman–Crippen MR) is 57.8 cm³/mol. The molecular formula is C11H16N2O. The lowest BCUT2D eigenvalue weighted by Gasteiger charge is -2.20. The van der Waals surface area contributed by atoms with Gasteiger partial charge in [0, 0.05) is 24.3 Å². The lowest BCUT2D eigenvalue weighted by Crippen LogP contribution is -2.15. The molecule has 1 aromatic carbocycles. The first-order valence-electron chi connectivity index (χ1n) is 5.10. The maximum Gasteiger partial charge on any atom is 0.124 e. The van der Waals surface area contributed by atoms with E-state index in [-0.39, 0.29) is 0 Å². The summed E-state index contributed by atoms with van der Waals surface area (Å²) in [5.74, 6) is 0.986. The van der Waals surface area contributed by atoms with Gasteiger partial charge in [0.25, 0.3) is 0 Å². The van der Waals surface area contributed by atoms with Crippen molar-refractivity contribution < 1.29 is 4.74 Å². The summed E-state index contributed by atoms with van der Waals surface area (Å²) in [6.07, 6.45) is 2.28. The van der Waals surface area contributed by atoms with Gasteiger partial charge < -0.3 is 15.8 Å². The molecule has 0 radical (unpaired) electrons. The molecule has 3 heteroatoms. The second-order valence-corrected chi connectivity index (χ2v) is 3.45. The van der Waals surface area contributed by atoms with Crippen molar-refractivity contribution in [1.29, 1.82) is 0 Å². The van der Waals surface area contributed by atoms with Crippen molar-refractivity contribution in [3.63, 3.8) is 0 Å². The van der Waals surface area contributed by atoms with Crippen LogP contribution in [0.4, 0.5) is 5.69 Å². The van der Waals surface area contributed by atoms with Gasteiger partial charge in [-0.1, -0.05) is 6.07 Å². The number of fused-ring (bicyclic) bond motifs is 1. The molecule has 1 aromatic rings. The maximum atomic E-state index is 5.59. The molecule has 14 heavy (non-hydrogen) atoms. The van der Waals surface area contributed by atoms with Crippen molar-refractivity contribution in [3.8, 4) is 5.75 Å². The van der Waals surface area contributed by atoms with E-state index in [1.807, 2.05) is 12.1 Å². The molecule has 3 N–H and O–H groups in total. The molecule has 0 bridgehead atoms. The highest BCUT2D eigenvalue weighted by Crippen LogP contribution is 2.30. The van der Waals surface area contributed by atoms with Crippen LogP contribution in [0.5, 0.6) is 5.75 Å². The van der Waals surface area contributed by atoms with Crippen LogP contribution >= 0.6 is 0 Å². The van der Waals surface area contributed by atoms with Crippen molar-refractivity contribution in [2.45, 2.75) is 12.8 Å². The Labute approximate surface area is 84.3 Å². The third kappa shape index (κ3) is 1.82. The van der Waals surface area contributed by atoms with E-state index in [0.29, 0.717) is 13.2 Å². The van der Waals surface area contributed by atoms with Gasteiger partial charge in [-0.15, -0.1) is 0 Å². The van der Waals surface area contributed by atoms with Crippen LogP contribution in [-0.4, -0.2) is 19.7 Å². The van der Waals surface area contributed by atoms with Crippen molar-refractivity contribution in [2.24, 2.45) is 5.73 Å². The van der Waals surface area contributed by atoms with Gasteiger partial charge in [-0.05, 0) is 25.0 Å². The minimum Gasteiger partial charge on any atom is -0.492 e. The van der Waals surface area contributed by atoms with E-state index in [2.05, 4.69) is 11.4 Å². The molecule has 0 aromatic heterocycles. The second-order valence-electron chi connectivity index (χ2n) is 3.45. The van der Waals surface area contributed by atoms with Crippen LogP contribution in [0.1, 0.15) is 12.0 Å². The highest BCUT2D eigenvalue weighted by atomic mass is 16.5. The fourth-order valence-corrected chi connectivity index (χ4v) is 1.78. The number of nitrogens with one attached hydrogen (secondary N) is 1. The van der Waals surface area contributed by atoms with Crippen LogP contribution < -0.4 is 15.8 Å². The summed E-state index contributed by atoms with van der Waals surface area (Å²) >= 11 is 0. The number of hydrogen-bond acceptors (Lipinski definition) is 3. The van der Waals surface area contributed by atoms with E-state index < -0.39 is 0 Å². The topological polar surface area (TPSA) is 47.3 Å². The van der Waals surface area contributed by atoms with Crippen LogP contribution in [-0.2, 0) is 6.42 Å². The van der Waals surface area contributed by atoms with E-state index in [1.54, 1.807) is 0 Å². The van der Waals surface area contributed by atoms with Gasteiger partial charge in [0.2, 0.25) is 0 Å². The molecule has 0 amide bonds. The van der Waals surface area contributed by atoms with E-state index in [9.17, 15) is 0 Å². The summed E-state index contributed by atoms with van der Waals surface area (Å²) in [5, 5.41) is 3.37. The first-order valence-corrected chi connectivity index (χ1v) is 5.10. The molecule has 0 fully saturated rings. The van der Waals surface area contributed by atoms with E-state index >= 15 is 0 Å². The SMILES string of the molecule is NCCOc1cccc2c1CCCN2. The van der Waals surface area contributed by atoms with Crippen molar-refractivity contribution >= 4 is 5.69 Å². The zero-order chi connectivity index (χ0) is 9.80. The smallest absolute Gasteiger partial charge is 0.124 e. The van der Waals surface area contributed by atoms with Crippen LogP contribution in [0.25, 0.3) is 0 Å². The quantitative estimate of drug-likeness (QED) is 0.760. The van der Waals surface area contributed by atoms with Crippen LogP contribution in [0.2, 0.25) is 0 Å². The van der Waals surface area contributed by atoms with Gasteiger partial charge in [0.1, 0.15) is 12.4 Å². The van der Waals surface area contributed by atoms with Gasteiger partial charge in [-0.25, -0.2) is 0 Å². The summed E-state index contributed by atoms with van der Waals surface area (Å²) in [7, 11) is 0. The second kappa shape index (κ2) is 4.33. The fraction of sp³-hybridized carbons (Fsp3) is 0.455. The molecule has 76 valence electrons.